The molecule has 5 nitrogen and oxygen atoms in total. The number of nitrogens with zero attached hydrogens (tertiary/aromatic N) is 2. The van der Waals surface area contributed by atoms with E-state index in [1.54, 1.807) is 18.4 Å². The number of guanidine groups is 1. The topological polar surface area (TPSA) is 58.5 Å². The summed E-state index contributed by atoms with van der Waals surface area (Å²) in [4.78, 5) is 10.00. The normalized spacial score (nSPS) is 11.5. The van der Waals surface area contributed by atoms with Crippen LogP contribution in [-0.4, -0.2) is 24.6 Å². The number of hydrogen-bond donors (Lipinski definition) is 2. The van der Waals surface area contributed by atoms with Crippen LogP contribution in [0.2, 0.25) is 0 Å². The fourth-order valence-electron chi connectivity index (χ4n) is 2.23. The van der Waals surface area contributed by atoms with Crippen molar-refractivity contribution in [2.75, 3.05) is 13.7 Å². The highest BCUT2D eigenvalue weighted by molar-refractivity contribution is 7.11. The number of ether oxygens (including phenoxy) is 1. The molecule has 24 heavy (non-hydrogen) atoms. The summed E-state index contributed by atoms with van der Waals surface area (Å²) in [6.45, 7) is 6.91. The zero-order chi connectivity index (χ0) is 17.2. The molecule has 2 N–H and O–H groups in total. The molecule has 1 aromatic carbocycles. The molecule has 0 saturated heterocycles. The summed E-state index contributed by atoms with van der Waals surface area (Å²) in [7, 11) is 1.78. The standard InChI is InChI=1S/C18H26N4OS/c1-4-16-11-20-17(24-16)12-22-18(19-3)21-10-14-8-6-7-9-15(14)13-23-5-2/h6-9,11H,4-5,10,12-13H2,1-3H3,(H2,19,21,22). The van der Waals surface area contributed by atoms with Crippen LogP contribution in [-0.2, 0) is 30.9 Å². The fraction of sp³-hybridized carbons (Fsp3) is 0.444. The number of aliphatic imine (C=N–C) groups is 1. The van der Waals surface area contributed by atoms with Crippen LogP contribution in [0.4, 0.5) is 0 Å². The van der Waals surface area contributed by atoms with Gasteiger partial charge in [0.15, 0.2) is 5.96 Å². The first-order valence-electron chi connectivity index (χ1n) is 8.29. The largest absolute Gasteiger partial charge is 0.377 e. The van der Waals surface area contributed by atoms with Crippen molar-refractivity contribution in [3.63, 3.8) is 0 Å². The lowest BCUT2D eigenvalue weighted by atomic mass is 10.1. The number of aromatic nitrogens is 1. The Balaban J connectivity index is 1.87. The van der Waals surface area contributed by atoms with Crippen molar-refractivity contribution >= 4 is 17.3 Å². The smallest absolute Gasteiger partial charge is 0.191 e. The second kappa shape index (κ2) is 10.1. The van der Waals surface area contributed by atoms with Crippen molar-refractivity contribution in [3.05, 3.63) is 51.5 Å². The number of benzene rings is 1. The molecule has 0 aliphatic carbocycles. The molecule has 0 spiro atoms. The molecule has 0 amide bonds. The summed E-state index contributed by atoms with van der Waals surface area (Å²) >= 11 is 1.74. The van der Waals surface area contributed by atoms with Gasteiger partial charge in [-0.1, -0.05) is 31.2 Å². The molecule has 0 aliphatic rings. The van der Waals surface area contributed by atoms with Gasteiger partial charge in [-0.3, -0.25) is 4.99 Å². The van der Waals surface area contributed by atoms with E-state index in [2.05, 4.69) is 39.7 Å². The van der Waals surface area contributed by atoms with Crippen LogP contribution >= 0.6 is 11.3 Å². The maximum atomic E-state index is 5.53. The Bertz CT molecular complexity index is 654. The van der Waals surface area contributed by atoms with E-state index in [9.17, 15) is 0 Å². The first kappa shape index (κ1) is 18.4. The molecule has 0 saturated carbocycles. The first-order valence-corrected chi connectivity index (χ1v) is 9.11. The van der Waals surface area contributed by atoms with Crippen LogP contribution in [0.1, 0.15) is 34.9 Å². The van der Waals surface area contributed by atoms with Gasteiger partial charge in [-0.25, -0.2) is 4.98 Å². The zero-order valence-electron chi connectivity index (χ0n) is 14.6. The summed E-state index contributed by atoms with van der Waals surface area (Å²) in [5, 5.41) is 7.74. The number of nitrogens with one attached hydrogen (secondary N) is 2. The minimum Gasteiger partial charge on any atom is -0.377 e. The lowest BCUT2D eigenvalue weighted by Crippen LogP contribution is -2.36. The Morgan fingerprint density at radius 3 is 2.58 bits per heavy atom. The Morgan fingerprint density at radius 2 is 1.92 bits per heavy atom. The van der Waals surface area contributed by atoms with E-state index < -0.39 is 0 Å². The van der Waals surface area contributed by atoms with Crippen molar-refractivity contribution in [3.8, 4) is 0 Å². The van der Waals surface area contributed by atoms with Crippen LogP contribution in [0.25, 0.3) is 0 Å². The number of aryl methyl sites for hydroxylation is 1. The molecule has 1 heterocycles. The lowest BCUT2D eigenvalue weighted by Gasteiger charge is -2.13. The Hall–Kier alpha value is -1.92. The fourth-order valence-corrected chi connectivity index (χ4v) is 3.04. The molecule has 0 bridgehead atoms. The van der Waals surface area contributed by atoms with E-state index in [0.29, 0.717) is 19.7 Å². The minimum absolute atomic E-state index is 0.638. The first-order chi connectivity index (χ1) is 11.8. The van der Waals surface area contributed by atoms with Crippen molar-refractivity contribution in [1.29, 1.82) is 0 Å². The average Bonchev–Trinajstić information content (AvgIpc) is 3.09. The van der Waals surface area contributed by atoms with Crippen molar-refractivity contribution in [2.24, 2.45) is 4.99 Å². The lowest BCUT2D eigenvalue weighted by molar-refractivity contribution is 0.133. The van der Waals surface area contributed by atoms with Gasteiger partial charge >= 0.3 is 0 Å². The summed E-state index contributed by atoms with van der Waals surface area (Å²) in [6, 6.07) is 8.30. The summed E-state index contributed by atoms with van der Waals surface area (Å²) < 4.78 is 5.53. The Labute approximate surface area is 148 Å². The van der Waals surface area contributed by atoms with Crippen LogP contribution < -0.4 is 10.6 Å². The minimum atomic E-state index is 0.638. The molecule has 2 rings (SSSR count). The van der Waals surface area contributed by atoms with Gasteiger partial charge in [0.1, 0.15) is 5.01 Å². The van der Waals surface area contributed by atoms with E-state index in [1.807, 2.05) is 25.3 Å². The second-order valence-corrected chi connectivity index (χ2v) is 6.46. The number of thiazole rings is 1. The van der Waals surface area contributed by atoms with Gasteiger partial charge in [-0.2, -0.15) is 0 Å². The van der Waals surface area contributed by atoms with Gasteiger partial charge in [0.25, 0.3) is 0 Å². The highest BCUT2D eigenvalue weighted by atomic mass is 32.1. The summed E-state index contributed by atoms with van der Waals surface area (Å²) in [5.74, 6) is 0.773. The van der Waals surface area contributed by atoms with E-state index in [0.717, 1.165) is 24.0 Å². The van der Waals surface area contributed by atoms with Gasteiger partial charge in [-0.15, -0.1) is 11.3 Å². The Morgan fingerprint density at radius 1 is 1.17 bits per heavy atom. The quantitative estimate of drug-likeness (QED) is 0.570. The van der Waals surface area contributed by atoms with E-state index in [4.69, 9.17) is 4.74 Å². The number of rotatable bonds is 8. The Kier molecular flexibility index (Phi) is 7.71. The van der Waals surface area contributed by atoms with Crippen LogP contribution in [0, 0.1) is 0 Å². The molecule has 0 radical (unpaired) electrons. The van der Waals surface area contributed by atoms with Crippen molar-refractivity contribution in [2.45, 2.75) is 40.0 Å². The van der Waals surface area contributed by atoms with Gasteiger partial charge in [0.2, 0.25) is 0 Å². The molecule has 6 heteroatoms. The van der Waals surface area contributed by atoms with Crippen LogP contribution in [0.5, 0.6) is 0 Å². The van der Waals surface area contributed by atoms with Crippen molar-refractivity contribution < 1.29 is 4.74 Å². The summed E-state index contributed by atoms with van der Waals surface area (Å²) in [6.07, 6.45) is 2.98. The van der Waals surface area contributed by atoms with Gasteiger partial charge in [0.05, 0.1) is 13.2 Å². The molecule has 2 aromatic rings. The molecular weight excluding hydrogens is 320 g/mol. The van der Waals surface area contributed by atoms with Gasteiger partial charge in [0, 0.05) is 31.3 Å². The average molecular weight is 347 g/mol. The predicted molar refractivity (Wildman–Crippen MR) is 100 cm³/mol. The monoisotopic (exact) mass is 346 g/mol. The molecule has 0 atom stereocenters. The van der Waals surface area contributed by atoms with Crippen LogP contribution in [0.15, 0.2) is 35.5 Å². The van der Waals surface area contributed by atoms with Crippen molar-refractivity contribution in [1.82, 2.24) is 15.6 Å². The molecule has 0 aliphatic heterocycles. The van der Waals surface area contributed by atoms with E-state index >= 15 is 0 Å². The van der Waals surface area contributed by atoms with Gasteiger partial charge < -0.3 is 15.4 Å². The third kappa shape index (κ3) is 5.62. The second-order valence-electron chi connectivity index (χ2n) is 5.26. The molecular formula is C18H26N4OS. The number of hydrogen-bond acceptors (Lipinski definition) is 4. The third-order valence-corrected chi connectivity index (χ3v) is 4.75. The molecule has 1 aromatic heterocycles. The zero-order valence-corrected chi connectivity index (χ0v) is 15.4. The van der Waals surface area contributed by atoms with Gasteiger partial charge in [-0.05, 0) is 24.5 Å². The maximum Gasteiger partial charge on any atom is 0.191 e. The third-order valence-electron chi connectivity index (χ3n) is 3.61. The van der Waals surface area contributed by atoms with E-state index in [-0.39, 0.29) is 0 Å². The molecule has 0 unspecified atom stereocenters. The SMILES string of the molecule is CCOCc1ccccc1CNC(=NC)NCc1ncc(CC)s1. The predicted octanol–water partition coefficient (Wildman–Crippen LogP) is 3.11. The summed E-state index contributed by atoms with van der Waals surface area (Å²) in [5.41, 5.74) is 2.42. The van der Waals surface area contributed by atoms with E-state index in [1.165, 1.54) is 16.0 Å². The highest BCUT2D eigenvalue weighted by Gasteiger charge is 2.05. The maximum absolute atomic E-state index is 5.53. The molecule has 130 valence electrons. The highest BCUT2D eigenvalue weighted by Crippen LogP contribution is 2.13. The molecule has 0 fully saturated rings. The van der Waals surface area contributed by atoms with Crippen LogP contribution in [0.3, 0.4) is 0 Å².